The van der Waals surface area contributed by atoms with Gasteiger partial charge in [0.2, 0.25) is 5.91 Å². The van der Waals surface area contributed by atoms with E-state index in [4.69, 9.17) is 9.47 Å². The lowest BCUT2D eigenvalue weighted by atomic mass is 10.2. The Balaban J connectivity index is 1.65. The Morgan fingerprint density at radius 3 is 2.68 bits per heavy atom. The highest BCUT2D eigenvalue weighted by Crippen LogP contribution is 2.35. The summed E-state index contributed by atoms with van der Waals surface area (Å²) in [7, 11) is 0. The van der Waals surface area contributed by atoms with E-state index in [-0.39, 0.29) is 17.0 Å². The fraction of sp³-hybridized carbons (Fsp3) is 0.316. The first-order valence-electron chi connectivity index (χ1n) is 8.16. The SMILES string of the molecule is Cc1ccc(NC(=O)[C@@H](C)Sc2ccc3c(c2)OCCCO3)cc1F. The van der Waals surface area contributed by atoms with Gasteiger partial charge in [-0.1, -0.05) is 6.07 Å². The number of hydrogen-bond acceptors (Lipinski definition) is 4. The molecule has 0 fully saturated rings. The highest BCUT2D eigenvalue weighted by atomic mass is 32.2. The number of rotatable bonds is 4. The predicted octanol–water partition coefficient (Wildman–Crippen LogP) is 4.41. The zero-order chi connectivity index (χ0) is 17.8. The van der Waals surface area contributed by atoms with E-state index in [1.54, 1.807) is 19.1 Å². The molecule has 6 heteroatoms. The Bertz CT molecular complexity index is 781. The van der Waals surface area contributed by atoms with E-state index in [1.165, 1.54) is 17.8 Å². The number of thioether (sulfide) groups is 1. The quantitative estimate of drug-likeness (QED) is 0.819. The number of carbonyl (C=O) groups excluding carboxylic acids is 1. The number of amides is 1. The third-order valence-electron chi connectivity index (χ3n) is 3.84. The van der Waals surface area contributed by atoms with E-state index in [0.717, 1.165) is 17.1 Å². The van der Waals surface area contributed by atoms with Crippen LogP contribution in [0.25, 0.3) is 0 Å². The van der Waals surface area contributed by atoms with Crippen molar-refractivity contribution in [3.8, 4) is 11.5 Å². The minimum atomic E-state index is -0.339. The lowest BCUT2D eigenvalue weighted by Crippen LogP contribution is -2.22. The van der Waals surface area contributed by atoms with Gasteiger partial charge in [-0.2, -0.15) is 0 Å². The van der Waals surface area contributed by atoms with Crippen molar-refractivity contribution in [1.29, 1.82) is 0 Å². The molecular formula is C19H20FNO3S. The third kappa shape index (κ3) is 4.45. The lowest BCUT2D eigenvalue weighted by molar-refractivity contribution is -0.115. The maximum atomic E-state index is 13.6. The monoisotopic (exact) mass is 361 g/mol. The molecule has 0 aliphatic carbocycles. The number of fused-ring (bicyclic) bond motifs is 1. The third-order valence-corrected chi connectivity index (χ3v) is 4.93. The van der Waals surface area contributed by atoms with Crippen LogP contribution in [-0.4, -0.2) is 24.4 Å². The number of halogens is 1. The van der Waals surface area contributed by atoms with Crippen LogP contribution in [0.2, 0.25) is 0 Å². The maximum Gasteiger partial charge on any atom is 0.237 e. The van der Waals surface area contributed by atoms with E-state index in [0.29, 0.717) is 30.2 Å². The molecule has 0 saturated carbocycles. The second-order valence-corrected chi connectivity index (χ2v) is 7.29. The molecule has 25 heavy (non-hydrogen) atoms. The van der Waals surface area contributed by atoms with E-state index >= 15 is 0 Å². The first-order valence-corrected chi connectivity index (χ1v) is 9.04. The summed E-state index contributed by atoms with van der Waals surface area (Å²) in [6.45, 7) is 4.76. The summed E-state index contributed by atoms with van der Waals surface area (Å²) in [6, 6.07) is 10.3. The molecule has 2 aromatic carbocycles. The van der Waals surface area contributed by atoms with Crippen molar-refractivity contribution < 1.29 is 18.7 Å². The molecule has 1 atom stereocenters. The summed E-state index contributed by atoms with van der Waals surface area (Å²) in [6.07, 6.45) is 0.850. The Morgan fingerprint density at radius 1 is 1.16 bits per heavy atom. The van der Waals surface area contributed by atoms with Gasteiger partial charge in [-0.15, -0.1) is 11.8 Å². The Hall–Kier alpha value is -2.21. The van der Waals surface area contributed by atoms with Crippen LogP contribution in [0, 0.1) is 12.7 Å². The molecule has 0 saturated heterocycles. The van der Waals surface area contributed by atoms with E-state index in [9.17, 15) is 9.18 Å². The van der Waals surface area contributed by atoms with Gasteiger partial charge in [0.15, 0.2) is 11.5 Å². The van der Waals surface area contributed by atoms with Crippen LogP contribution >= 0.6 is 11.8 Å². The molecule has 1 heterocycles. The zero-order valence-corrected chi connectivity index (χ0v) is 15.0. The van der Waals surface area contributed by atoms with Gasteiger partial charge < -0.3 is 14.8 Å². The molecule has 4 nitrogen and oxygen atoms in total. The summed E-state index contributed by atoms with van der Waals surface area (Å²) in [5.74, 6) is 0.922. The van der Waals surface area contributed by atoms with E-state index < -0.39 is 0 Å². The summed E-state index contributed by atoms with van der Waals surface area (Å²) >= 11 is 1.42. The van der Waals surface area contributed by atoms with Gasteiger partial charge in [0.05, 0.1) is 18.5 Å². The fourth-order valence-corrected chi connectivity index (χ4v) is 3.28. The number of carbonyl (C=O) groups is 1. The average molecular weight is 361 g/mol. The second-order valence-electron chi connectivity index (χ2n) is 5.87. The number of hydrogen-bond donors (Lipinski definition) is 1. The fourth-order valence-electron chi connectivity index (χ4n) is 2.39. The Kier molecular flexibility index (Phi) is 5.48. The van der Waals surface area contributed by atoms with Gasteiger partial charge in [-0.05, 0) is 49.7 Å². The molecular weight excluding hydrogens is 341 g/mol. The van der Waals surface area contributed by atoms with Crippen molar-refractivity contribution in [2.24, 2.45) is 0 Å². The van der Waals surface area contributed by atoms with Crippen molar-refractivity contribution in [3.63, 3.8) is 0 Å². The minimum Gasteiger partial charge on any atom is -0.490 e. The predicted molar refractivity (Wildman–Crippen MR) is 97.1 cm³/mol. The normalized spacial score (nSPS) is 14.5. The molecule has 0 aromatic heterocycles. The zero-order valence-electron chi connectivity index (χ0n) is 14.2. The Labute approximate surface area is 150 Å². The number of nitrogens with one attached hydrogen (secondary N) is 1. The van der Waals surface area contributed by atoms with Gasteiger partial charge in [0.25, 0.3) is 0 Å². The molecule has 1 aliphatic heterocycles. The molecule has 1 N–H and O–H groups in total. The first-order chi connectivity index (χ1) is 12.0. The second kappa shape index (κ2) is 7.78. The molecule has 0 spiro atoms. The molecule has 2 aromatic rings. The average Bonchev–Trinajstić information content (AvgIpc) is 2.83. The van der Waals surface area contributed by atoms with Crippen molar-refractivity contribution in [3.05, 3.63) is 47.8 Å². The molecule has 0 bridgehead atoms. The van der Waals surface area contributed by atoms with Crippen LogP contribution in [0.3, 0.4) is 0 Å². The van der Waals surface area contributed by atoms with Crippen molar-refractivity contribution >= 4 is 23.4 Å². The van der Waals surface area contributed by atoms with Crippen LogP contribution in [-0.2, 0) is 4.79 Å². The summed E-state index contributed by atoms with van der Waals surface area (Å²) in [5, 5.41) is 2.41. The topological polar surface area (TPSA) is 47.6 Å². The maximum absolute atomic E-state index is 13.6. The molecule has 1 aliphatic rings. The van der Waals surface area contributed by atoms with Gasteiger partial charge in [-0.3, -0.25) is 4.79 Å². The number of benzene rings is 2. The van der Waals surface area contributed by atoms with Gasteiger partial charge in [-0.25, -0.2) is 4.39 Å². The largest absolute Gasteiger partial charge is 0.490 e. The van der Waals surface area contributed by atoms with Crippen molar-refractivity contribution in [2.75, 3.05) is 18.5 Å². The standard InChI is InChI=1S/C19H20FNO3S/c1-12-4-5-14(10-16(12)20)21-19(22)13(2)25-15-6-7-17-18(11-15)24-9-3-8-23-17/h4-7,10-11,13H,3,8-9H2,1-2H3,(H,21,22)/t13-/m1/s1. The number of aryl methyl sites for hydroxylation is 1. The van der Waals surface area contributed by atoms with Crippen LogP contribution in [0.5, 0.6) is 11.5 Å². The lowest BCUT2D eigenvalue weighted by Gasteiger charge is -2.14. The summed E-state index contributed by atoms with van der Waals surface area (Å²) in [4.78, 5) is 13.3. The number of ether oxygens (including phenoxy) is 2. The highest BCUT2D eigenvalue weighted by Gasteiger charge is 2.17. The van der Waals surface area contributed by atoms with E-state index in [1.807, 2.05) is 25.1 Å². The first kappa shape index (κ1) is 17.6. The minimum absolute atomic E-state index is 0.180. The van der Waals surface area contributed by atoms with Gasteiger partial charge >= 0.3 is 0 Å². The Morgan fingerprint density at radius 2 is 1.92 bits per heavy atom. The molecule has 3 rings (SSSR count). The highest BCUT2D eigenvalue weighted by molar-refractivity contribution is 8.00. The van der Waals surface area contributed by atoms with Crippen LogP contribution in [0.15, 0.2) is 41.3 Å². The molecule has 132 valence electrons. The van der Waals surface area contributed by atoms with Crippen LogP contribution in [0.4, 0.5) is 10.1 Å². The summed E-state index contributed by atoms with van der Waals surface area (Å²) in [5.41, 5.74) is 1.01. The van der Waals surface area contributed by atoms with Gasteiger partial charge in [0, 0.05) is 17.0 Å². The van der Waals surface area contributed by atoms with Crippen molar-refractivity contribution in [2.45, 2.75) is 30.4 Å². The number of anilines is 1. The smallest absolute Gasteiger partial charge is 0.237 e. The molecule has 0 unspecified atom stereocenters. The van der Waals surface area contributed by atoms with E-state index in [2.05, 4.69) is 5.32 Å². The van der Waals surface area contributed by atoms with Crippen molar-refractivity contribution in [1.82, 2.24) is 0 Å². The van der Waals surface area contributed by atoms with Gasteiger partial charge in [0.1, 0.15) is 5.82 Å². The molecule has 0 radical (unpaired) electrons. The summed E-state index contributed by atoms with van der Waals surface area (Å²) < 4.78 is 24.9. The molecule has 1 amide bonds. The van der Waals surface area contributed by atoms with Crippen LogP contribution in [0.1, 0.15) is 18.9 Å². The van der Waals surface area contributed by atoms with Crippen LogP contribution < -0.4 is 14.8 Å².